The number of para-hydroxylation sites is 1. The maximum atomic E-state index is 13.6. The molecule has 0 unspecified atom stereocenters. The molecule has 2 rings (SSSR count). The third-order valence-corrected chi connectivity index (χ3v) is 3.69. The summed E-state index contributed by atoms with van der Waals surface area (Å²) in [6.45, 7) is 2.59. The normalized spacial score (nSPS) is 10.1. The van der Waals surface area contributed by atoms with E-state index >= 15 is 0 Å². The van der Waals surface area contributed by atoms with Gasteiger partial charge in [-0.05, 0) is 36.8 Å². The van der Waals surface area contributed by atoms with Gasteiger partial charge in [0.25, 0.3) is 0 Å². The summed E-state index contributed by atoms with van der Waals surface area (Å²) in [5, 5.41) is 7.75. The standard InChI is InChI=1S/C19H23FN4O2/c1-14(25)22-18-13-15(9-10-17(18)20)23-19(26)21-11-6-12-24(2)16-7-4-3-5-8-16/h3-5,7-10,13H,6,11-12H2,1-2H3,(H,22,25)(H2,21,23,26). The van der Waals surface area contributed by atoms with Gasteiger partial charge >= 0.3 is 6.03 Å². The fourth-order valence-electron chi connectivity index (χ4n) is 2.39. The minimum absolute atomic E-state index is 0.0276. The molecule has 0 aromatic heterocycles. The first-order valence-corrected chi connectivity index (χ1v) is 8.34. The van der Waals surface area contributed by atoms with Gasteiger partial charge in [-0.15, -0.1) is 0 Å². The largest absolute Gasteiger partial charge is 0.375 e. The molecule has 2 aromatic carbocycles. The van der Waals surface area contributed by atoms with Crippen LogP contribution in [0.15, 0.2) is 48.5 Å². The van der Waals surface area contributed by atoms with Crippen LogP contribution in [-0.2, 0) is 4.79 Å². The number of carbonyl (C=O) groups excluding carboxylic acids is 2. The number of benzene rings is 2. The van der Waals surface area contributed by atoms with Gasteiger partial charge in [0.15, 0.2) is 0 Å². The zero-order valence-electron chi connectivity index (χ0n) is 14.9. The number of carbonyl (C=O) groups is 2. The monoisotopic (exact) mass is 358 g/mol. The first-order valence-electron chi connectivity index (χ1n) is 8.34. The quantitative estimate of drug-likeness (QED) is 0.664. The molecule has 3 N–H and O–H groups in total. The highest BCUT2D eigenvalue weighted by Gasteiger charge is 2.07. The maximum Gasteiger partial charge on any atom is 0.319 e. The van der Waals surface area contributed by atoms with E-state index in [0.29, 0.717) is 12.2 Å². The predicted octanol–water partition coefficient (Wildman–Crippen LogP) is 3.43. The zero-order chi connectivity index (χ0) is 18.9. The smallest absolute Gasteiger partial charge is 0.319 e. The van der Waals surface area contributed by atoms with Gasteiger partial charge in [-0.1, -0.05) is 18.2 Å². The SMILES string of the molecule is CC(=O)Nc1cc(NC(=O)NCCCN(C)c2ccccc2)ccc1F. The summed E-state index contributed by atoms with van der Waals surface area (Å²) < 4.78 is 13.6. The summed E-state index contributed by atoms with van der Waals surface area (Å²) in [5.74, 6) is -0.942. The zero-order valence-corrected chi connectivity index (χ0v) is 14.9. The van der Waals surface area contributed by atoms with Crippen molar-refractivity contribution in [2.75, 3.05) is 35.7 Å². The summed E-state index contributed by atoms with van der Waals surface area (Å²) in [5.41, 5.74) is 1.54. The molecule has 0 saturated heterocycles. The van der Waals surface area contributed by atoms with E-state index < -0.39 is 5.82 Å². The van der Waals surface area contributed by atoms with Crippen LogP contribution in [-0.4, -0.2) is 32.1 Å². The second kappa shape index (κ2) is 9.41. The molecule has 0 heterocycles. The molecule has 2 aromatic rings. The predicted molar refractivity (Wildman–Crippen MR) is 102 cm³/mol. The fraction of sp³-hybridized carbons (Fsp3) is 0.263. The van der Waals surface area contributed by atoms with Crippen LogP contribution >= 0.6 is 0 Å². The van der Waals surface area contributed by atoms with E-state index in [-0.39, 0.29) is 17.6 Å². The van der Waals surface area contributed by atoms with Crippen molar-refractivity contribution in [3.63, 3.8) is 0 Å². The first kappa shape index (κ1) is 19.2. The van der Waals surface area contributed by atoms with Crippen LogP contribution in [0.1, 0.15) is 13.3 Å². The van der Waals surface area contributed by atoms with Crippen molar-refractivity contribution in [3.8, 4) is 0 Å². The van der Waals surface area contributed by atoms with Crippen LogP contribution in [0.3, 0.4) is 0 Å². The average Bonchev–Trinajstić information content (AvgIpc) is 2.61. The number of halogens is 1. The minimum atomic E-state index is -0.560. The van der Waals surface area contributed by atoms with Crippen molar-refractivity contribution < 1.29 is 14.0 Å². The molecule has 0 aliphatic heterocycles. The van der Waals surface area contributed by atoms with Gasteiger partial charge in [-0.25, -0.2) is 9.18 Å². The van der Waals surface area contributed by atoms with Crippen molar-refractivity contribution in [2.45, 2.75) is 13.3 Å². The van der Waals surface area contributed by atoms with Gasteiger partial charge in [0.2, 0.25) is 5.91 Å². The van der Waals surface area contributed by atoms with Crippen molar-refractivity contribution in [1.82, 2.24) is 5.32 Å². The summed E-state index contributed by atoms with van der Waals surface area (Å²) in [6.07, 6.45) is 0.777. The van der Waals surface area contributed by atoms with E-state index in [4.69, 9.17) is 0 Å². The van der Waals surface area contributed by atoms with Crippen LogP contribution in [0.5, 0.6) is 0 Å². The third-order valence-electron chi connectivity index (χ3n) is 3.69. The van der Waals surface area contributed by atoms with Crippen LogP contribution < -0.4 is 20.9 Å². The Morgan fingerprint density at radius 3 is 2.50 bits per heavy atom. The molecular weight excluding hydrogens is 335 g/mol. The molecule has 0 saturated carbocycles. The second-order valence-electron chi connectivity index (χ2n) is 5.87. The lowest BCUT2D eigenvalue weighted by molar-refractivity contribution is -0.114. The lowest BCUT2D eigenvalue weighted by atomic mass is 10.2. The molecule has 0 aliphatic rings. The molecule has 3 amide bonds. The van der Waals surface area contributed by atoms with Crippen LogP contribution in [0.25, 0.3) is 0 Å². The maximum absolute atomic E-state index is 13.6. The highest BCUT2D eigenvalue weighted by molar-refractivity contribution is 5.92. The van der Waals surface area contributed by atoms with Gasteiger partial charge < -0.3 is 20.9 Å². The Morgan fingerprint density at radius 1 is 1.08 bits per heavy atom. The third kappa shape index (κ3) is 6.08. The first-order chi connectivity index (χ1) is 12.5. The van der Waals surface area contributed by atoms with E-state index in [1.807, 2.05) is 37.4 Å². The lowest BCUT2D eigenvalue weighted by Crippen LogP contribution is -2.31. The number of nitrogens with one attached hydrogen (secondary N) is 3. The summed E-state index contributed by atoms with van der Waals surface area (Å²) in [7, 11) is 2.00. The molecule has 0 spiro atoms. The topological polar surface area (TPSA) is 73.5 Å². The highest BCUT2D eigenvalue weighted by atomic mass is 19.1. The lowest BCUT2D eigenvalue weighted by Gasteiger charge is -2.19. The van der Waals surface area contributed by atoms with Crippen molar-refractivity contribution >= 4 is 29.0 Å². The Labute approximate surface area is 152 Å². The van der Waals surface area contributed by atoms with Gasteiger partial charge in [0, 0.05) is 38.4 Å². The molecule has 138 valence electrons. The number of hydrogen-bond donors (Lipinski definition) is 3. The van der Waals surface area contributed by atoms with Crippen LogP contribution in [0.4, 0.5) is 26.2 Å². The average molecular weight is 358 g/mol. The molecule has 0 bridgehead atoms. The van der Waals surface area contributed by atoms with E-state index in [1.54, 1.807) is 0 Å². The molecule has 0 radical (unpaired) electrons. The van der Waals surface area contributed by atoms with E-state index in [1.165, 1.54) is 25.1 Å². The Balaban J connectivity index is 1.76. The summed E-state index contributed by atoms with van der Waals surface area (Å²) in [6, 6.07) is 13.6. The second-order valence-corrected chi connectivity index (χ2v) is 5.87. The van der Waals surface area contributed by atoms with E-state index in [0.717, 1.165) is 18.7 Å². The Kier molecular flexibility index (Phi) is 6.96. The summed E-state index contributed by atoms with van der Waals surface area (Å²) in [4.78, 5) is 25.1. The molecule has 6 nitrogen and oxygen atoms in total. The fourth-order valence-corrected chi connectivity index (χ4v) is 2.39. The van der Waals surface area contributed by atoms with Crippen LogP contribution in [0.2, 0.25) is 0 Å². The summed E-state index contributed by atoms with van der Waals surface area (Å²) >= 11 is 0. The molecular formula is C19H23FN4O2. The van der Waals surface area contributed by atoms with Gasteiger partial charge in [0.05, 0.1) is 5.69 Å². The Morgan fingerprint density at radius 2 is 1.81 bits per heavy atom. The van der Waals surface area contributed by atoms with E-state index in [2.05, 4.69) is 20.9 Å². The molecule has 0 atom stereocenters. The van der Waals surface area contributed by atoms with Gasteiger partial charge in [-0.2, -0.15) is 0 Å². The molecule has 0 fully saturated rings. The van der Waals surface area contributed by atoms with Crippen LogP contribution in [0, 0.1) is 5.82 Å². The highest BCUT2D eigenvalue weighted by Crippen LogP contribution is 2.19. The molecule has 7 heteroatoms. The number of urea groups is 1. The number of rotatable bonds is 7. The number of amides is 3. The van der Waals surface area contributed by atoms with Crippen molar-refractivity contribution in [3.05, 3.63) is 54.3 Å². The van der Waals surface area contributed by atoms with E-state index in [9.17, 15) is 14.0 Å². The van der Waals surface area contributed by atoms with Crippen molar-refractivity contribution in [2.24, 2.45) is 0 Å². The minimum Gasteiger partial charge on any atom is -0.375 e. The number of nitrogens with zero attached hydrogens (tertiary/aromatic N) is 1. The Bertz CT molecular complexity index is 752. The number of hydrogen-bond acceptors (Lipinski definition) is 3. The number of anilines is 3. The van der Waals surface area contributed by atoms with Gasteiger partial charge in [0.1, 0.15) is 5.82 Å². The molecule has 0 aliphatic carbocycles. The van der Waals surface area contributed by atoms with Crippen molar-refractivity contribution in [1.29, 1.82) is 0 Å². The van der Waals surface area contributed by atoms with Gasteiger partial charge in [-0.3, -0.25) is 4.79 Å². The Hall–Kier alpha value is -3.09. The molecule has 26 heavy (non-hydrogen) atoms.